The highest BCUT2D eigenvalue weighted by Gasteiger charge is 2.25. The van der Waals surface area contributed by atoms with E-state index in [1.54, 1.807) is 0 Å². The Balaban J connectivity index is 3.56. The zero-order valence-electron chi connectivity index (χ0n) is 9.14. The predicted octanol–water partition coefficient (Wildman–Crippen LogP) is 3.44. The van der Waals surface area contributed by atoms with Crippen molar-refractivity contribution in [1.82, 2.24) is 0 Å². The molecule has 0 aliphatic rings. The van der Waals surface area contributed by atoms with E-state index in [9.17, 15) is 14.7 Å². The van der Waals surface area contributed by atoms with Crippen LogP contribution in [0.4, 0.5) is 0 Å². The van der Waals surface area contributed by atoms with Gasteiger partial charge in [0.2, 0.25) is 0 Å². The van der Waals surface area contributed by atoms with Gasteiger partial charge in [0, 0.05) is 23.5 Å². The van der Waals surface area contributed by atoms with E-state index in [1.165, 1.54) is 6.08 Å². The molecule has 0 saturated heterocycles. The first-order valence-corrected chi connectivity index (χ1v) is 7.85. The fraction of sp³-hybridized carbons (Fsp3) is 0.0909. The van der Waals surface area contributed by atoms with Crippen LogP contribution in [0.3, 0.4) is 0 Å². The van der Waals surface area contributed by atoms with Crippen molar-refractivity contribution in [2.24, 2.45) is 0 Å². The smallest absolute Gasteiger partial charge is 0.340 e. The van der Waals surface area contributed by atoms with Gasteiger partial charge in [0.1, 0.15) is 6.61 Å². The lowest BCUT2D eigenvalue weighted by Crippen LogP contribution is -2.26. The summed E-state index contributed by atoms with van der Waals surface area (Å²) in [5.74, 6) is -2.29. The molecule has 0 amide bonds. The third-order valence-corrected chi connectivity index (χ3v) is 6.78. The number of rotatable bonds is 4. The molecule has 0 saturated carbocycles. The average Bonchev–Trinajstić information content (AvgIpc) is 2.36. The predicted molar refractivity (Wildman–Crippen MR) is 82.1 cm³/mol. The number of esters is 1. The first-order chi connectivity index (χ1) is 8.82. The van der Waals surface area contributed by atoms with Gasteiger partial charge in [-0.15, -0.1) is 0 Å². The lowest BCUT2D eigenvalue weighted by Gasteiger charge is -2.16. The van der Waals surface area contributed by atoms with Crippen molar-refractivity contribution in [3.05, 3.63) is 41.7 Å². The van der Waals surface area contributed by atoms with Gasteiger partial charge in [0.25, 0.3) is 0 Å². The number of ether oxygens (including phenoxy) is 1. The van der Waals surface area contributed by atoms with Gasteiger partial charge in [-0.2, -0.15) is 0 Å². The lowest BCUT2D eigenvalue weighted by atomic mass is 10.1. The standard InChI is InChI=1S/C11H6Br4O4/c1-2-3-19-11(18)5-4(10(16)17)6(12)8(14)9(15)7(5)13/h2H,1,3H2,(H,16,17)/p-1. The summed E-state index contributed by atoms with van der Waals surface area (Å²) in [5, 5.41) is 11.2. The second-order valence-electron chi connectivity index (χ2n) is 3.18. The van der Waals surface area contributed by atoms with Gasteiger partial charge in [-0.3, -0.25) is 0 Å². The van der Waals surface area contributed by atoms with E-state index in [2.05, 4.69) is 70.3 Å². The highest BCUT2D eigenvalue weighted by Crippen LogP contribution is 2.42. The van der Waals surface area contributed by atoms with Crippen molar-refractivity contribution in [1.29, 1.82) is 0 Å². The van der Waals surface area contributed by atoms with Crippen molar-refractivity contribution in [2.75, 3.05) is 6.61 Å². The largest absolute Gasteiger partial charge is 0.545 e. The van der Waals surface area contributed by atoms with Gasteiger partial charge < -0.3 is 14.6 Å². The summed E-state index contributed by atoms with van der Waals surface area (Å²) in [6, 6.07) is 0. The Bertz CT molecular complexity index is 569. The first-order valence-electron chi connectivity index (χ1n) is 4.68. The Labute approximate surface area is 142 Å². The third kappa shape index (κ3) is 3.48. The van der Waals surface area contributed by atoms with Gasteiger partial charge in [-0.25, -0.2) is 4.79 Å². The summed E-state index contributed by atoms with van der Waals surface area (Å²) in [6.45, 7) is 3.39. The monoisotopic (exact) mass is 517 g/mol. The number of carboxylic acid groups (broad SMARTS) is 1. The number of hydrogen-bond donors (Lipinski definition) is 0. The van der Waals surface area contributed by atoms with Crippen molar-refractivity contribution in [3.8, 4) is 0 Å². The van der Waals surface area contributed by atoms with Crippen LogP contribution in [0.1, 0.15) is 20.7 Å². The molecule has 0 N–H and O–H groups in total. The summed E-state index contributed by atoms with van der Waals surface area (Å²) in [5.41, 5.74) is -0.431. The molecule has 1 aromatic carbocycles. The quantitative estimate of drug-likeness (QED) is 0.264. The molecule has 0 heterocycles. The molecule has 0 aromatic heterocycles. The SMILES string of the molecule is C=CCOC(=O)c1c(Br)c(Br)c(Br)c(Br)c1C(=O)[O-]. The lowest BCUT2D eigenvalue weighted by molar-refractivity contribution is -0.255. The Kier molecular flexibility index (Phi) is 6.22. The number of benzene rings is 1. The average molecular weight is 521 g/mol. The van der Waals surface area contributed by atoms with Crippen LogP contribution in [0.2, 0.25) is 0 Å². The third-order valence-electron chi connectivity index (χ3n) is 2.01. The molecule has 0 unspecified atom stereocenters. The summed E-state index contributed by atoms with van der Waals surface area (Å²) >= 11 is 12.7. The number of carboxylic acids is 1. The minimum absolute atomic E-state index is 0.0247. The molecule has 0 fully saturated rings. The molecule has 0 spiro atoms. The Morgan fingerprint density at radius 3 is 1.95 bits per heavy atom. The van der Waals surface area contributed by atoms with Gasteiger partial charge in [0.15, 0.2) is 0 Å². The maximum atomic E-state index is 11.9. The second-order valence-corrected chi connectivity index (χ2v) is 6.35. The van der Waals surface area contributed by atoms with Gasteiger partial charge >= 0.3 is 5.97 Å². The highest BCUT2D eigenvalue weighted by molar-refractivity contribution is 9.15. The van der Waals surface area contributed by atoms with Crippen LogP contribution < -0.4 is 5.11 Å². The molecule has 19 heavy (non-hydrogen) atoms. The van der Waals surface area contributed by atoms with E-state index in [0.29, 0.717) is 8.95 Å². The number of carbonyl (C=O) groups excluding carboxylic acids is 2. The van der Waals surface area contributed by atoms with E-state index in [-0.39, 0.29) is 26.7 Å². The van der Waals surface area contributed by atoms with Crippen LogP contribution >= 0.6 is 63.7 Å². The van der Waals surface area contributed by atoms with Crippen LogP contribution in [0.15, 0.2) is 30.5 Å². The molecule has 1 aromatic rings. The molecule has 0 bridgehead atoms. The maximum Gasteiger partial charge on any atom is 0.340 e. The van der Waals surface area contributed by atoms with Gasteiger partial charge in [-0.05, 0) is 63.7 Å². The Hall–Kier alpha value is -0.180. The number of hydrogen-bond acceptors (Lipinski definition) is 4. The molecular formula is C11H5Br4O4-. The van der Waals surface area contributed by atoms with Crippen LogP contribution in [0.5, 0.6) is 0 Å². The molecule has 102 valence electrons. The topological polar surface area (TPSA) is 66.4 Å². The van der Waals surface area contributed by atoms with Gasteiger partial charge in [0.05, 0.1) is 11.5 Å². The minimum Gasteiger partial charge on any atom is -0.545 e. The van der Waals surface area contributed by atoms with Crippen LogP contribution in [0, 0.1) is 0 Å². The second kappa shape index (κ2) is 7.01. The van der Waals surface area contributed by atoms with Crippen LogP contribution in [0.25, 0.3) is 0 Å². The first kappa shape index (κ1) is 16.9. The molecule has 0 atom stereocenters. The zero-order chi connectivity index (χ0) is 14.7. The van der Waals surface area contributed by atoms with Gasteiger partial charge in [-0.1, -0.05) is 12.7 Å². The van der Waals surface area contributed by atoms with E-state index < -0.39 is 11.9 Å². The molecular weight excluding hydrogens is 516 g/mol. The summed E-state index contributed by atoms with van der Waals surface area (Å²) in [6.07, 6.45) is 1.38. The highest BCUT2D eigenvalue weighted by atomic mass is 79.9. The van der Waals surface area contributed by atoms with Crippen molar-refractivity contribution < 1.29 is 19.4 Å². The van der Waals surface area contributed by atoms with Crippen molar-refractivity contribution in [3.63, 3.8) is 0 Å². The molecule has 1 rings (SSSR count). The maximum absolute atomic E-state index is 11.9. The zero-order valence-corrected chi connectivity index (χ0v) is 15.5. The van der Waals surface area contributed by atoms with Crippen LogP contribution in [-0.2, 0) is 4.74 Å². The van der Waals surface area contributed by atoms with Crippen molar-refractivity contribution in [2.45, 2.75) is 0 Å². The normalized spacial score (nSPS) is 10.1. The Morgan fingerprint density at radius 2 is 1.53 bits per heavy atom. The Morgan fingerprint density at radius 1 is 1.05 bits per heavy atom. The molecule has 0 aliphatic carbocycles. The molecule has 8 heteroatoms. The summed E-state index contributed by atoms with van der Waals surface area (Å²) in [7, 11) is 0. The van der Waals surface area contributed by atoms with Crippen molar-refractivity contribution >= 4 is 75.7 Å². The van der Waals surface area contributed by atoms with E-state index in [1.807, 2.05) is 0 Å². The molecule has 0 aliphatic heterocycles. The minimum atomic E-state index is -1.49. The number of aromatic carboxylic acids is 1. The molecule has 4 nitrogen and oxygen atoms in total. The van der Waals surface area contributed by atoms with E-state index in [0.717, 1.165) is 0 Å². The summed E-state index contributed by atoms with van der Waals surface area (Å²) in [4.78, 5) is 23.1. The van der Waals surface area contributed by atoms with Crippen LogP contribution in [-0.4, -0.2) is 18.5 Å². The van der Waals surface area contributed by atoms with E-state index in [4.69, 9.17) is 4.74 Å². The summed E-state index contributed by atoms with van der Waals surface area (Å²) < 4.78 is 6.24. The number of carbonyl (C=O) groups is 2. The number of halogens is 4. The van der Waals surface area contributed by atoms with E-state index >= 15 is 0 Å². The fourth-order valence-electron chi connectivity index (χ4n) is 1.22. The molecule has 0 radical (unpaired) electrons. The fourth-order valence-corrected chi connectivity index (χ4v) is 3.66.